The third kappa shape index (κ3) is 5.09. The highest BCUT2D eigenvalue weighted by atomic mass is 35.5. The lowest BCUT2D eigenvalue weighted by molar-refractivity contribution is -0.126. The number of carbonyl (C=O) groups is 1. The molecule has 1 saturated heterocycles. The minimum absolute atomic E-state index is 0.110. The molecule has 1 heterocycles. The number of hydrazone groups is 1. The molecule has 0 radical (unpaired) electrons. The van der Waals surface area contributed by atoms with Crippen molar-refractivity contribution in [2.75, 3.05) is 13.1 Å². The van der Waals surface area contributed by atoms with E-state index in [0.717, 1.165) is 31.5 Å². The molecule has 148 valence electrons. The Morgan fingerprint density at radius 3 is 2.68 bits per heavy atom. The summed E-state index contributed by atoms with van der Waals surface area (Å²) in [6.07, 6.45) is 1.44. The second kappa shape index (κ2) is 9.17. The van der Waals surface area contributed by atoms with Gasteiger partial charge in [0, 0.05) is 23.0 Å². The van der Waals surface area contributed by atoms with Gasteiger partial charge in [-0.05, 0) is 62.7 Å². The third-order valence-corrected chi connectivity index (χ3v) is 5.35. The molecular formula is C21H23ClFN3O2. The van der Waals surface area contributed by atoms with Crippen molar-refractivity contribution in [2.45, 2.75) is 26.3 Å². The van der Waals surface area contributed by atoms with E-state index in [1.165, 1.54) is 12.1 Å². The van der Waals surface area contributed by atoms with Crippen LogP contribution in [0.15, 0.2) is 47.6 Å². The van der Waals surface area contributed by atoms with Gasteiger partial charge in [-0.3, -0.25) is 9.69 Å². The van der Waals surface area contributed by atoms with Crippen LogP contribution in [0.25, 0.3) is 0 Å². The molecule has 7 heteroatoms. The van der Waals surface area contributed by atoms with E-state index in [4.69, 9.17) is 11.6 Å². The van der Waals surface area contributed by atoms with Crippen LogP contribution in [0.2, 0.25) is 5.02 Å². The maximum atomic E-state index is 13.2. The first-order chi connectivity index (χ1) is 13.4. The average molecular weight is 404 g/mol. The molecule has 0 spiro atoms. The summed E-state index contributed by atoms with van der Waals surface area (Å²) >= 11 is 6.10. The number of hydrogen-bond donors (Lipinski definition) is 2. The number of halogens is 2. The van der Waals surface area contributed by atoms with Crippen molar-refractivity contribution in [3.63, 3.8) is 0 Å². The van der Waals surface area contributed by atoms with Crippen molar-refractivity contribution in [2.24, 2.45) is 11.0 Å². The Kier molecular flexibility index (Phi) is 6.65. The first-order valence-corrected chi connectivity index (χ1v) is 9.60. The summed E-state index contributed by atoms with van der Waals surface area (Å²) in [5.41, 5.74) is 4.64. The molecule has 0 aliphatic carbocycles. The summed E-state index contributed by atoms with van der Waals surface area (Å²) in [6, 6.07) is 11.3. The highest BCUT2D eigenvalue weighted by molar-refractivity contribution is 6.31. The van der Waals surface area contributed by atoms with Crippen molar-refractivity contribution < 1.29 is 14.3 Å². The van der Waals surface area contributed by atoms with Gasteiger partial charge in [0.05, 0.1) is 5.71 Å². The van der Waals surface area contributed by atoms with Gasteiger partial charge in [-0.1, -0.05) is 29.8 Å². The maximum Gasteiger partial charge on any atom is 0.243 e. The van der Waals surface area contributed by atoms with E-state index in [2.05, 4.69) is 15.4 Å². The molecule has 0 saturated carbocycles. The number of nitrogens with zero attached hydrogens (tertiary/aromatic N) is 2. The van der Waals surface area contributed by atoms with E-state index in [0.29, 0.717) is 22.8 Å². The van der Waals surface area contributed by atoms with Crippen molar-refractivity contribution in [1.82, 2.24) is 10.3 Å². The maximum absolute atomic E-state index is 13.2. The fraction of sp³-hybridized carbons (Fsp3) is 0.333. The van der Waals surface area contributed by atoms with E-state index in [1.54, 1.807) is 37.3 Å². The van der Waals surface area contributed by atoms with Crippen LogP contribution >= 0.6 is 11.6 Å². The molecule has 1 amide bonds. The lowest BCUT2D eigenvalue weighted by Gasteiger charge is -2.31. The topological polar surface area (TPSA) is 64.9 Å². The van der Waals surface area contributed by atoms with Crippen LogP contribution in [-0.2, 0) is 11.3 Å². The summed E-state index contributed by atoms with van der Waals surface area (Å²) in [7, 11) is 0. The Morgan fingerprint density at radius 1 is 1.29 bits per heavy atom. The number of hydrogen-bond acceptors (Lipinski definition) is 4. The van der Waals surface area contributed by atoms with Gasteiger partial charge >= 0.3 is 0 Å². The normalized spacial score (nSPS) is 16.2. The molecule has 2 N–H and O–H groups in total. The molecule has 5 nitrogen and oxygen atoms in total. The molecule has 3 rings (SSSR count). The quantitative estimate of drug-likeness (QED) is 0.587. The van der Waals surface area contributed by atoms with Crippen molar-refractivity contribution in [1.29, 1.82) is 0 Å². The first kappa shape index (κ1) is 20.3. The van der Waals surface area contributed by atoms with Gasteiger partial charge in [0.2, 0.25) is 5.91 Å². The van der Waals surface area contributed by atoms with Crippen LogP contribution in [-0.4, -0.2) is 34.7 Å². The average Bonchev–Trinajstić information content (AvgIpc) is 2.69. The van der Waals surface area contributed by atoms with Gasteiger partial charge < -0.3 is 5.11 Å². The monoisotopic (exact) mass is 403 g/mol. The molecule has 0 aromatic heterocycles. The highest BCUT2D eigenvalue weighted by Crippen LogP contribution is 2.23. The van der Waals surface area contributed by atoms with Gasteiger partial charge in [-0.25, -0.2) is 9.82 Å². The Bertz CT molecular complexity index is 880. The van der Waals surface area contributed by atoms with Crippen LogP contribution in [0.3, 0.4) is 0 Å². The highest BCUT2D eigenvalue weighted by Gasteiger charge is 2.25. The molecular weight excluding hydrogens is 381 g/mol. The summed E-state index contributed by atoms with van der Waals surface area (Å²) in [4.78, 5) is 14.6. The Hall–Kier alpha value is -2.44. The van der Waals surface area contributed by atoms with Gasteiger partial charge in [0.25, 0.3) is 0 Å². The Balaban J connectivity index is 1.51. The largest absolute Gasteiger partial charge is 0.507 e. The predicted molar refractivity (Wildman–Crippen MR) is 108 cm³/mol. The van der Waals surface area contributed by atoms with Crippen molar-refractivity contribution in [3.8, 4) is 5.75 Å². The zero-order valence-electron chi connectivity index (χ0n) is 15.7. The van der Waals surface area contributed by atoms with Gasteiger partial charge in [-0.2, -0.15) is 5.10 Å². The number of aromatic hydroxyl groups is 1. The smallest absolute Gasteiger partial charge is 0.243 e. The molecule has 2 aromatic carbocycles. The lowest BCUT2D eigenvalue weighted by Crippen LogP contribution is -2.39. The fourth-order valence-electron chi connectivity index (χ4n) is 3.31. The number of carbonyl (C=O) groups excluding carboxylic acids is 1. The van der Waals surface area contributed by atoms with Crippen molar-refractivity contribution in [3.05, 3.63) is 64.4 Å². The molecule has 0 bridgehead atoms. The number of phenols is 1. The second-order valence-corrected chi connectivity index (χ2v) is 7.38. The number of amides is 1. The Labute approximate surface area is 168 Å². The number of phenolic OH excluding ortho intramolecular Hbond substituents is 1. The van der Waals surface area contributed by atoms with Crippen LogP contribution in [0.5, 0.6) is 5.75 Å². The first-order valence-electron chi connectivity index (χ1n) is 9.23. The van der Waals surface area contributed by atoms with Crippen LogP contribution in [0.1, 0.15) is 30.9 Å². The van der Waals surface area contributed by atoms with E-state index in [-0.39, 0.29) is 23.4 Å². The lowest BCUT2D eigenvalue weighted by atomic mass is 9.96. The number of para-hydroxylation sites is 1. The van der Waals surface area contributed by atoms with Crippen LogP contribution < -0.4 is 5.43 Å². The molecule has 1 aliphatic rings. The predicted octanol–water partition coefficient (Wildman–Crippen LogP) is 3.94. The number of likely N-dealkylation sites (tertiary alicyclic amines) is 1. The molecule has 28 heavy (non-hydrogen) atoms. The fourth-order valence-corrected chi connectivity index (χ4v) is 3.54. The number of benzene rings is 2. The summed E-state index contributed by atoms with van der Waals surface area (Å²) < 4.78 is 13.2. The SMILES string of the molecule is CC(=NNC(=O)C1CCN(Cc2ccc(F)cc2Cl)CC1)c1ccccc1O. The van der Waals surface area contributed by atoms with E-state index >= 15 is 0 Å². The van der Waals surface area contributed by atoms with Gasteiger partial charge in [0.1, 0.15) is 11.6 Å². The third-order valence-electron chi connectivity index (χ3n) is 5.00. The number of nitrogens with one attached hydrogen (secondary N) is 1. The zero-order valence-corrected chi connectivity index (χ0v) is 16.4. The van der Waals surface area contributed by atoms with Crippen LogP contribution in [0, 0.1) is 11.7 Å². The molecule has 0 atom stereocenters. The standard InChI is InChI=1S/C21H23ClFN3O2/c1-14(18-4-2-3-5-20(18)27)24-25-21(28)15-8-10-26(11-9-15)13-16-6-7-17(23)12-19(16)22/h2-7,12,15,27H,8-11,13H2,1H3,(H,25,28). The summed E-state index contributed by atoms with van der Waals surface area (Å²) in [6.45, 7) is 3.89. The summed E-state index contributed by atoms with van der Waals surface area (Å²) in [5.74, 6) is -0.440. The zero-order chi connectivity index (χ0) is 20.1. The Morgan fingerprint density at radius 2 is 2.00 bits per heavy atom. The molecule has 0 unspecified atom stereocenters. The van der Waals surface area contributed by atoms with E-state index in [1.807, 2.05) is 0 Å². The van der Waals surface area contributed by atoms with Gasteiger partial charge in [0.15, 0.2) is 0 Å². The summed E-state index contributed by atoms with van der Waals surface area (Å²) in [5, 5.41) is 14.4. The molecule has 1 aliphatic heterocycles. The van der Waals surface area contributed by atoms with Crippen molar-refractivity contribution >= 4 is 23.2 Å². The minimum atomic E-state index is -0.344. The second-order valence-electron chi connectivity index (χ2n) is 6.98. The van der Waals surface area contributed by atoms with Gasteiger partial charge in [-0.15, -0.1) is 0 Å². The number of piperidine rings is 1. The molecule has 2 aromatic rings. The molecule has 1 fully saturated rings. The van der Waals surface area contributed by atoms with E-state index in [9.17, 15) is 14.3 Å². The van der Waals surface area contributed by atoms with E-state index < -0.39 is 0 Å². The van der Waals surface area contributed by atoms with Crippen LogP contribution in [0.4, 0.5) is 4.39 Å². The number of rotatable bonds is 5. The minimum Gasteiger partial charge on any atom is -0.507 e.